The van der Waals surface area contributed by atoms with Gasteiger partial charge >= 0.3 is 6.18 Å². The molecule has 0 unspecified atom stereocenters. The highest BCUT2D eigenvalue weighted by molar-refractivity contribution is 6.04. The Kier molecular flexibility index (Phi) is 5.64. The van der Waals surface area contributed by atoms with Crippen LogP contribution in [0.4, 0.5) is 19.0 Å². The quantitative estimate of drug-likeness (QED) is 0.433. The fourth-order valence-corrected chi connectivity index (χ4v) is 3.58. The van der Waals surface area contributed by atoms with E-state index in [1.807, 2.05) is 6.07 Å². The minimum Gasteiger partial charge on any atom is -0.385 e. The molecule has 0 atom stereocenters. The molecule has 0 aliphatic heterocycles. The molecule has 162 valence electrons. The summed E-state index contributed by atoms with van der Waals surface area (Å²) in [5, 5.41) is 10.4. The number of halogens is 3. The molecule has 4 rings (SSSR count). The number of anilines is 1. The zero-order valence-electron chi connectivity index (χ0n) is 16.7. The summed E-state index contributed by atoms with van der Waals surface area (Å²) in [6, 6.07) is 8.65. The molecular formula is C21H20F3N5O2. The molecule has 0 aliphatic carbocycles. The molecule has 3 heterocycles. The van der Waals surface area contributed by atoms with Gasteiger partial charge in [-0.25, -0.2) is 4.98 Å². The molecule has 0 bridgehead atoms. The summed E-state index contributed by atoms with van der Waals surface area (Å²) in [5.41, 5.74) is 1.20. The molecule has 0 saturated heterocycles. The number of hydrogen-bond donors (Lipinski definition) is 2. The Balaban J connectivity index is 1.86. The van der Waals surface area contributed by atoms with Crippen LogP contribution in [0.25, 0.3) is 32.9 Å². The van der Waals surface area contributed by atoms with Crippen molar-refractivity contribution in [2.24, 2.45) is 0 Å². The van der Waals surface area contributed by atoms with Crippen molar-refractivity contribution in [1.82, 2.24) is 19.7 Å². The van der Waals surface area contributed by atoms with Crippen molar-refractivity contribution < 1.29 is 17.9 Å². The van der Waals surface area contributed by atoms with E-state index in [2.05, 4.69) is 20.5 Å². The first-order valence-corrected chi connectivity index (χ1v) is 9.63. The first kappa shape index (κ1) is 20.9. The second-order valence-electron chi connectivity index (χ2n) is 7.07. The lowest BCUT2D eigenvalue weighted by atomic mass is 10.0. The van der Waals surface area contributed by atoms with Crippen LogP contribution in [0, 0.1) is 0 Å². The molecule has 31 heavy (non-hydrogen) atoms. The first-order chi connectivity index (χ1) is 14.9. The highest BCUT2D eigenvalue weighted by Gasteiger charge is 2.30. The van der Waals surface area contributed by atoms with Crippen LogP contribution in [0.2, 0.25) is 0 Å². The van der Waals surface area contributed by atoms with Gasteiger partial charge in [-0.05, 0) is 30.2 Å². The van der Waals surface area contributed by atoms with Crippen molar-refractivity contribution in [3.8, 4) is 11.1 Å². The number of methoxy groups -OCH3 is 1. The van der Waals surface area contributed by atoms with E-state index in [0.29, 0.717) is 35.4 Å². The topological polar surface area (TPSA) is 84.8 Å². The minimum atomic E-state index is -4.55. The number of aromatic nitrogens is 4. The lowest BCUT2D eigenvalue weighted by Gasteiger charge is -2.16. The van der Waals surface area contributed by atoms with Gasteiger partial charge in [-0.1, -0.05) is 12.1 Å². The van der Waals surface area contributed by atoms with Crippen LogP contribution in [0.3, 0.4) is 0 Å². The molecule has 2 N–H and O–H groups in total. The zero-order chi connectivity index (χ0) is 22.0. The standard InChI is InChI=1S/C21H20F3N5O2/c1-31-9-3-8-26-19-14(4-2-7-25-19)13-5-6-15-17(10-13)29(12-21(22,23)24)20(30)16-11-27-28-18(15)16/h2,4-7,10-11H,3,8-9,12H2,1H3,(H,25,26)(H,27,28). The van der Waals surface area contributed by atoms with Crippen LogP contribution in [-0.4, -0.2) is 46.2 Å². The van der Waals surface area contributed by atoms with Gasteiger partial charge in [0.1, 0.15) is 12.4 Å². The molecule has 4 aromatic rings. The molecule has 0 spiro atoms. The average Bonchev–Trinajstić information content (AvgIpc) is 3.24. The average molecular weight is 431 g/mol. The summed E-state index contributed by atoms with van der Waals surface area (Å²) < 4.78 is 45.5. The minimum absolute atomic E-state index is 0.117. The van der Waals surface area contributed by atoms with E-state index in [4.69, 9.17) is 4.74 Å². The number of nitrogens with one attached hydrogen (secondary N) is 2. The van der Waals surface area contributed by atoms with Crippen molar-refractivity contribution in [2.45, 2.75) is 19.1 Å². The fraction of sp³-hybridized carbons (Fsp3) is 0.286. The molecule has 7 nitrogen and oxygen atoms in total. The summed E-state index contributed by atoms with van der Waals surface area (Å²) in [4.78, 5) is 17.1. The number of ether oxygens (including phenoxy) is 1. The lowest BCUT2D eigenvalue weighted by molar-refractivity contribution is -0.140. The van der Waals surface area contributed by atoms with E-state index in [1.54, 1.807) is 37.6 Å². The molecule has 0 saturated carbocycles. The summed E-state index contributed by atoms with van der Waals surface area (Å²) in [6.45, 7) is -0.171. The van der Waals surface area contributed by atoms with Gasteiger partial charge in [-0.15, -0.1) is 0 Å². The van der Waals surface area contributed by atoms with Crippen molar-refractivity contribution >= 4 is 27.6 Å². The molecule has 0 aliphatic rings. The summed E-state index contributed by atoms with van der Waals surface area (Å²) in [6.07, 6.45) is -0.891. The smallest absolute Gasteiger partial charge is 0.385 e. The maximum absolute atomic E-state index is 13.3. The van der Waals surface area contributed by atoms with Gasteiger partial charge in [0.15, 0.2) is 0 Å². The summed E-state index contributed by atoms with van der Waals surface area (Å²) in [7, 11) is 1.62. The maximum Gasteiger partial charge on any atom is 0.406 e. The Morgan fingerprint density at radius 1 is 1.23 bits per heavy atom. The Labute approximate surface area is 174 Å². The first-order valence-electron chi connectivity index (χ1n) is 9.63. The van der Waals surface area contributed by atoms with Gasteiger partial charge < -0.3 is 10.1 Å². The molecule has 10 heteroatoms. The Morgan fingerprint density at radius 2 is 2.06 bits per heavy atom. The fourth-order valence-electron chi connectivity index (χ4n) is 3.58. The van der Waals surface area contributed by atoms with E-state index in [-0.39, 0.29) is 10.9 Å². The Bertz CT molecular complexity index is 1280. The van der Waals surface area contributed by atoms with Crippen molar-refractivity contribution in [3.05, 3.63) is 53.1 Å². The molecule has 3 aromatic heterocycles. The predicted octanol–water partition coefficient (Wildman–Crippen LogP) is 3.95. The molecular weight excluding hydrogens is 411 g/mol. The van der Waals surface area contributed by atoms with E-state index in [0.717, 1.165) is 16.6 Å². The van der Waals surface area contributed by atoms with Gasteiger partial charge in [0.25, 0.3) is 5.56 Å². The number of pyridine rings is 2. The van der Waals surface area contributed by atoms with Crippen molar-refractivity contribution in [1.29, 1.82) is 0 Å². The number of aromatic amines is 1. The van der Waals surface area contributed by atoms with E-state index in [9.17, 15) is 18.0 Å². The number of hydrogen-bond acceptors (Lipinski definition) is 5. The Hall–Kier alpha value is -3.40. The van der Waals surface area contributed by atoms with E-state index >= 15 is 0 Å². The van der Waals surface area contributed by atoms with Gasteiger partial charge in [-0.3, -0.25) is 14.5 Å². The van der Waals surface area contributed by atoms with E-state index < -0.39 is 18.3 Å². The lowest BCUT2D eigenvalue weighted by Crippen LogP contribution is -2.28. The maximum atomic E-state index is 13.3. The zero-order valence-corrected chi connectivity index (χ0v) is 16.7. The van der Waals surface area contributed by atoms with Crippen LogP contribution >= 0.6 is 0 Å². The van der Waals surface area contributed by atoms with E-state index in [1.165, 1.54) is 6.20 Å². The number of H-pyrrole nitrogens is 1. The van der Waals surface area contributed by atoms with Gasteiger partial charge in [0, 0.05) is 37.4 Å². The number of rotatable bonds is 7. The normalized spacial score (nSPS) is 12.0. The predicted molar refractivity (Wildman–Crippen MR) is 112 cm³/mol. The molecule has 0 fully saturated rings. The third-order valence-electron chi connectivity index (χ3n) is 4.95. The van der Waals surface area contributed by atoms with Crippen LogP contribution in [0.5, 0.6) is 0 Å². The third-order valence-corrected chi connectivity index (χ3v) is 4.95. The molecule has 1 aromatic carbocycles. The van der Waals surface area contributed by atoms with Gasteiger partial charge in [-0.2, -0.15) is 18.3 Å². The largest absolute Gasteiger partial charge is 0.406 e. The molecule has 0 amide bonds. The van der Waals surface area contributed by atoms with Crippen LogP contribution in [-0.2, 0) is 11.3 Å². The van der Waals surface area contributed by atoms with Crippen LogP contribution in [0.1, 0.15) is 6.42 Å². The summed E-state index contributed by atoms with van der Waals surface area (Å²) in [5.74, 6) is 0.602. The highest BCUT2D eigenvalue weighted by atomic mass is 19.4. The SMILES string of the molecule is COCCCNc1ncccc1-c1ccc2c3[nH]ncc3c(=O)n(CC(F)(F)F)c2c1. The highest BCUT2D eigenvalue weighted by Crippen LogP contribution is 2.31. The second-order valence-corrected chi connectivity index (χ2v) is 7.07. The van der Waals surface area contributed by atoms with Crippen LogP contribution in [0.15, 0.2) is 47.5 Å². The number of nitrogens with zero attached hydrogens (tertiary/aromatic N) is 3. The summed E-state index contributed by atoms with van der Waals surface area (Å²) >= 11 is 0. The monoisotopic (exact) mass is 431 g/mol. The van der Waals surface area contributed by atoms with Crippen molar-refractivity contribution in [2.75, 3.05) is 25.6 Å². The number of alkyl halides is 3. The van der Waals surface area contributed by atoms with Gasteiger partial charge in [0.2, 0.25) is 0 Å². The number of fused-ring (bicyclic) bond motifs is 3. The Morgan fingerprint density at radius 3 is 2.84 bits per heavy atom. The second kappa shape index (κ2) is 8.38. The number of benzene rings is 1. The van der Waals surface area contributed by atoms with Gasteiger partial charge in [0.05, 0.1) is 22.6 Å². The molecule has 0 radical (unpaired) electrons. The third kappa shape index (κ3) is 4.24. The van der Waals surface area contributed by atoms with Crippen molar-refractivity contribution in [3.63, 3.8) is 0 Å². The van der Waals surface area contributed by atoms with Crippen LogP contribution < -0.4 is 10.9 Å².